The van der Waals surface area contributed by atoms with E-state index in [1.54, 1.807) is 42.4 Å². The lowest BCUT2D eigenvalue weighted by atomic mass is 10.1. The maximum Gasteiger partial charge on any atom is 0.240 e. The van der Waals surface area contributed by atoms with E-state index < -0.39 is 10.0 Å². The molecule has 8 nitrogen and oxygen atoms in total. The predicted molar refractivity (Wildman–Crippen MR) is 129 cm³/mol. The Bertz CT molecular complexity index is 1270. The van der Waals surface area contributed by atoms with Crippen LogP contribution in [0.4, 0.5) is 17.3 Å². The third kappa shape index (κ3) is 5.04. The van der Waals surface area contributed by atoms with Crippen molar-refractivity contribution in [2.75, 3.05) is 23.8 Å². The Hall–Kier alpha value is -3.30. The van der Waals surface area contributed by atoms with E-state index in [1.165, 1.54) is 0 Å². The molecule has 1 aliphatic rings. The zero-order valence-electron chi connectivity index (χ0n) is 18.9. The Morgan fingerprint density at radius 3 is 2.55 bits per heavy atom. The van der Waals surface area contributed by atoms with E-state index in [-0.39, 0.29) is 17.2 Å². The summed E-state index contributed by atoms with van der Waals surface area (Å²) in [5.41, 5.74) is 3.78. The van der Waals surface area contributed by atoms with Crippen LogP contribution in [-0.2, 0) is 21.2 Å². The van der Waals surface area contributed by atoms with Crippen molar-refractivity contribution in [3.05, 3.63) is 60.3 Å². The average Bonchev–Trinajstić information content (AvgIpc) is 2.89. The van der Waals surface area contributed by atoms with E-state index in [0.717, 1.165) is 23.2 Å². The molecule has 172 valence electrons. The first-order valence-electron chi connectivity index (χ1n) is 10.8. The van der Waals surface area contributed by atoms with Gasteiger partial charge in [-0.15, -0.1) is 0 Å². The molecule has 9 heteroatoms. The second kappa shape index (κ2) is 9.29. The quantitative estimate of drug-likeness (QED) is 0.551. The van der Waals surface area contributed by atoms with Gasteiger partial charge >= 0.3 is 0 Å². The number of carbonyl (C=O) groups excluding carboxylic acids is 1. The molecule has 0 saturated carbocycles. The van der Waals surface area contributed by atoms with Crippen LogP contribution >= 0.6 is 0 Å². The highest BCUT2D eigenvalue weighted by Crippen LogP contribution is 2.35. The maximum atomic E-state index is 12.5. The van der Waals surface area contributed by atoms with Gasteiger partial charge in [-0.3, -0.25) is 4.79 Å². The van der Waals surface area contributed by atoms with E-state index in [4.69, 9.17) is 0 Å². The molecule has 3 aromatic rings. The van der Waals surface area contributed by atoms with Gasteiger partial charge in [0.25, 0.3) is 0 Å². The van der Waals surface area contributed by atoms with Crippen molar-refractivity contribution in [1.29, 1.82) is 0 Å². The normalized spacial score (nSPS) is 13.5. The first-order chi connectivity index (χ1) is 15.7. The van der Waals surface area contributed by atoms with Crippen molar-refractivity contribution in [1.82, 2.24) is 14.7 Å². The SMILES string of the molecule is CC(C)CCNS(=O)(=O)c1ccc(Nc2ncc3c(n2)-c2ccccc2N(C)C(=O)C3)cc1. The minimum Gasteiger partial charge on any atom is -0.324 e. The molecular weight excluding hydrogens is 438 g/mol. The number of hydrogen-bond donors (Lipinski definition) is 2. The number of nitrogens with one attached hydrogen (secondary N) is 2. The van der Waals surface area contributed by atoms with Gasteiger partial charge in [0.2, 0.25) is 21.9 Å². The standard InChI is InChI=1S/C24H27N5O3S/c1-16(2)12-13-26-33(31,32)19-10-8-18(9-11-19)27-24-25-15-17-14-22(30)29(3)21-7-5-4-6-20(21)23(17)28-24/h4-11,15-16,26H,12-14H2,1-3H3,(H,25,27,28). The van der Waals surface area contributed by atoms with Gasteiger partial charge in [0, 0.05) is 36.6 Å². The van der Waals surface area contributed by atoms with E-state index >= 15 is 0 Å². The fourth-order valence-corrected chi connectivity index (χ4v) is 4.67. The van der Waals surface area contributed by atoms with Crippen molar-refractivity contribution in [2.45, 2.75) is 31.6 Å². The van der Waals surface area contributed by atoms with Crippen LogP contribution in [0.25, 0.3) is 11.3 Å². The summed E-state index contributed by atoms with van der Waals surface area (Å²) in [6.07, 6.45) is 2.66. The molecule has 2 aromatic carbocycles. The maximum absolute atomic E-state index is 12.5. The van der Waals surface area contributed by atoms with Gasteiger partial charge in [0.15, 0.2) is 0 Å². The van der Waals surface area contributed by atoms with Crippen molar-refractivity contribution in [2.24, 2.45) is 5.92 Å². The Morgan fingerprint density at radius 2 is 1.82 bits per heavy atom. The lowest BCUT2D eigenvalue weighted by Gasteiger charge is -2.16. The molecule has 1 aromatic heterocycles. The number of carbonyl (C=O) groups is 1. The summed E-state index contributed by atoms with van der Waals surface area (Å²) in [6, 6.07) is 14.1. The van der Waals surface area contributed by atoms with Crippen LogP contribution in [0.3, 0.4) is 0 Å². The average molecular weight is 466 g/mol. The molecule has 4 rings (SSSR count). The molecule has 1 aliphatic heterocycles. The number of benzene rings is 2. The molecule has 2 heterocycles. The number of fused-ring (bicyclic) bond motifs is 3. The Kier molecular flexibility index (Phi) is 6.44. The molecule has 0 fully saturated rings. The van der Waals surface area contributed by atoms with E-state index in [0.29, 0.717) is 29.8 Å². The first-order valence-corrected chi connectivity index (χ1v) is 12.3. The minimum absolute atomic E-state index is 0.0238. The van der Waals surface area contributed by atoms with Crippen LogP contribution in [0, 0.1) is 5.92 Å². The van der Waals surface area contributed by atoms with Crippen LogP contribution in [0.2, 0.25) is 0 Å². The number of aromatic nitrogens is 2. The molecule has 2 N–H and O–H groups in total. The minimum atomic E-state index is -3.55. The summed E-state index contributed by atoms with van der Waals surface area (Å²) in [5, 5.41) is 3.13. The van der Waals surface area contributed by atoms with Crippen molar-refractivity contribution < 1.29 is 13.2 Å². The van der Waals surface area contributed by atoms with Crippen LogP contribution in [0.5, 0.6) is 0 Å². The summed E-state index contributed by atoms with van der Waals surface area (Å²) in [7, 11) is -1.79. The Morgan fingerprint density at radius 1 is 1.09 bits per heavy atom. The summed E-state index contributed by atoms with van der Waals surface area (Å²) >= 11 is 0. The highest BCUT2D eigenvalue weighted by atomic mass is 32.2. The number of rotatable bonds is 7. The first kappa shape index (κ1) is 22.9. The molecular formula is C24H27N5O3S. The molecule has 33 heavy (non-hydrogen) atoms. The number of likely N-dealkylation sites (N-methyl/N-ethyl adjacent to an activating group) is 1. The van der Waals surface area contributed by atoms with Gasteiger partial charge in [-0.05, 0) is 42.7 Å². The third-order valence-corrected chi connectivity index (χ3v) is 7.01. The van der Waals surface area contributed by atoms with Crippen LogP contribution in [-0.4, -0.2) is 37.9 Å². The van der Waals surface area contributed by atoms with Gasteiger partial charge in [-0.25, -0.2) is 23.1 Å². The summed E-state index contributed by atoms with van der Waals surface area (Å²) < 4.78 is 27.5. The Balaban J connectivity index is 1.56. The number of anilines is 3. The fraction of sp³-hybridized carbons (Fsp3) is 0.292. The second-order valence-corrected chi connectivity index (χ2v) is 10.2. The zero-order chi connectivity index (χ0) is 23.6. The summed E-state index contributed by atoms with van der Waals surface area (Å²) in [6.45, 7) is 4.50. The fourth-order valence-electron chi connectivity index (χ4n) is 3.62. The number of sulfonamides is 1. The smallest absolute Gasteiger partial charge is 0.240 e. The van der Waals surface area contributed by atoms with Crippen LogP contribution in [0.15, 0.2) is 59.6 Å². The molecule has 0 aliphatic carbocycles. The van der Waals surface area contributed by atoms with Gasteiger partial charge in [-0.2, -0.15) is 0 Å². The van der Waals surface area contributed by atoms with Crippen LogP contribution in [0.1, 0.15) is 25.8 Å². The topological polar surface area (TPSA) is 104 Å². The number of para-hydroxylation sites is 1. The molecule has 1 amide bonds. The molecule has 0 bridgehead atoms. The molecule has 0 spiro atoms. The highest BCUT2D eigenvalue weighted by molar-refractivity contribution is 7.89. The van der Waals surface area contributed by atoms with Gasteiger partial charge in [0.05, 0.1) is 22.7 Å². The predicted octanol–water partition coefficient (Wildman–Crippen LogP) is 3.73. The molecule has 0 radical (unpaired) electrons. The van der Waals surface area contributed by atoms with Crippen LogP contribution < -0.4 is 14.9 Å². The highest BCUT2D eigenvalue weighted by Gasteiger charge is 2.24. The largest absolute Gasteiger partial charge is 0.324 e. The number of hydrogen-bond acceptors (Lipinski definition) is 6. The van der Waals surface area contributed by atoms with Crippen molar-refractivity contribution in [3.63, 3.8) is 0 Å². The number of nitrogens with zero attached hydrogens (tertiary/aromatic N) is 3. The lowest BCUT2D eigenvalue weighted by Crippen LogP contribution is -2.26. The summed E-state index contributed by atoms with van der Waals surface area (Å²) in [5.74, 6) is 0.765. The second-order valence-electron chi connectivity index (χ2n) is 8.44. The number of amides is 1. The van der Waals surface area contributed by atoms with E-state index in [1.807, 2.05) is 38.1 Å². The van der Waals surface area contributed by atoms with E-state index in [9.17, 15) is 13.2 Å². The van der Waals surface area contributed by atoms with Gasteiger partial charge in [0.1, 0.15) is 0 Å². The third-order valence-electron chi connectivity index (χ3n) is 5.54. The zero-order valence-corrected chi connectivity index (χ0v) is 19.7. The molecule has 0 saturated heterocycles. The Labute approximate surface area is 194 Å². The van der Waals surface area contributed by atoms with Gasteiger partial charge < -0.3 is 10.2 Å². The van der Waals surface area contributed by atoms with Gasteiger partial charge in [-0.1, -0.05) is 32.0 Å². The lowest BCUT2D eigenvalue weighted by molar-refractivity contribution is -0.117. The van der Waals surface area contributed by atoms with Crippen molar-refractivity contribution >= 4 is 33.3 Å². The molecule has 0 unspecified atom stereocenters. The van der Waals surface area contributed by atoms with E-state index in [2.05, 4.69) is 20.0 Å². The molecule has 0 atom stereocenters. The van der Waals surface area contributed by atoms with Crippen molar-refractivity contribution in [3.8, 4) is 11.3 Å². The monoisotopic (exact) mass is 465 g/mol. The summed E-state index contributed by atoms with van der Waals surface area (Å²) in [4.78, 5) is 23.4.